The highest BCUT2D eigenvalue weighted by atomic mass is 32.2. The maximum absolute atomic E-state index is 12.2. The minimum Gasteiger partial charge on any atom is -0.287 e. The van der Waals surface area contributed by atoms with Gasteiger partial charge in [0.2, 0.25) is 5.43 Å². The Morgan fingerprint density at radius 3 is 2.52 bits per heavy atom. The van der Waals surface area contributed by atoms with E-state index in [4.69, 9.17) is 0 Å². The number of hydrogen-bond donors (Lipinski definition) is 0. The molecule has 4 rings (SSSR count). The fraction of sp³-hybridized carbons (Fsp3) is 0.235. The quantitative estimate of drug-likeness (QED) is 0.709. The Hall–Kier alpha value is -2.74. The molecular formula is C17H16N4O3S. The highest BCUT2D eigenvalue weighted by Gasteiger charge is 2.29. The minimum absolute atomic E-state index is 0.0879. The van der Waals surface area contributed by atoms with Crippen molar-refractivity contribution in [1.82, 2.24) is 19.6 Å². The molecule has 0 N–H and O–H groups in total. The molecule has 7 nitrogen and oxygen atoms in total. The molecule has 3 aromatic rings. The molecule has 1 fully saturated rings. The van der Waals surface area contributed by atoms with Crippen LogP contribution in [0.3, 0.4) is 0 Å². The van der Waals surface area contributed by atoms with Gasteiger partial charge in [-0.05, 0) is 24.6 Å². The van der Waals surface area contributed by atoms with Crippen molar-refractivity contribution in [2.75, 3.05) is 11.5 Å². The first-order valence-electron chi connectivity index (χ1n) is 7.93. The van der Waals surface area contributed by atoms with E-state index in [1.807, 2.05) is 30.3 Å². The lowest BCUT2D eigenvalue weighted by molar-refractivity contribution is 0.500. The molecule has 0 spiro atoms. The van der Waals surface area contributed by atoms with Gasteiger partial charge in [0.1, 0.15) is 5.69 Å². The van der Waals surface area contributed by atoms with Gasteiger partial charge in [-0.25, -0.2) is 13.1 Å². The highest BCUT2D eigenvalue weighted by Crippen LogP contribution is 2.24. The Kier molecular flexibility index (Phi) is 3.76. The van der Waals surface area contributed by atoms with Crippen LogP contribution in [-0.2, 0) is 9.84 Å². The Balaban J connectivity index is 1.70. The first-order valence-corrected chi connectivity index (χ1v) is 9.75. The molecule has 1 aliphatic heterocycles. The fourth-order valence-corrected chi connectivity index (χ4v) is 4.66. The van der Waals surface area contributed by atoms with Gasteiger partial charge in [0.25, 0.3) is 0 Å². The van der Waals surface area contributed by atoms with Crippen LogP contribution in [0.25, 0.3) is 17.1 Å². The summed E-state index contributed by atoms with van der Waals surface area (Å²) in [7, 11) is -2.99. The minimum atomic E-state index is -2.99. The molecule has 0 bridgehead atoms. The lowest BCUT2D eigenvalue weighted by atomic mass is 10.3. The monoisotopic (exact) mass is 356 g/mol. The SMILES string of the molecule is O=c1ccn(-c2ccccc2)nc1-c1ccn([C@H]2CCS(=O)(=O)C2)n1. The predicted molar refractivity (Wildman–Crippen MR) is 93.4 cm³/mol. The van der Waals surface area contributed by atoms with Gasteiger partial charge in [-0.3, -0.25) is 9.48 Å². The third-order valence-electron chi connectivity index (χ3n) is 4.26. The number of sulfone groups is 1. The van der Waals surface area contributed by atoms with Gasteiger partial charge in [0, 0.05) is 18.5 Å². The second kappa shape index (κ2) is 5.96. The van der Waals surface area contributed by atoms with E-state index in [0.717, 1.165) is 5.69 Å². The third kappa shape index (κ3) is 3.12. The predicted octanol–water partition coefficient (Wildman–Crippen LogP) is 1.46. The van der Waals surface area contributed by atoms with E-state index < -0.39 is 9.84 Å². The molecule has 1 aromatic carbocycles. The molecule has 3 heterocycles. The van der Waals surface area contributed by atoms with Crippen molar-refractivity contribution in [1.29, 1.82) is 0 Å². The number of nitrogens with zero attached hydrogens (tertiary/aromatic N) is 4. The van der Waals surface area contributed by atoms with Crippen LogP contribution in [0, 0.1) is 0 Å². The average Bonchev–Trinajstić information content (AvgIpc) is 3.22. The summed E-state index contributed by atoms with van der Waals surface area (Å²) in [4.78, 5) is 12.2. The van der Waals surface area contributed by atoms with Crippen molar-refractivity contribution in [3.63, 3.8) is 0 Å². The lowest BCUT2D eigenvalue weighted by Crippen LogP contribution is -2.14. The summed E-state index contributed by atoms with van der Waals surface area (Å²) >= 11 is 0. The van der Waals surface area contributed by atoms with E-state index >= 15 is 0 Å². The van der Waals surface area contributed by atoms with Crippen molar-refractivity contribution in [2.45, 2.75) is 12.5 Å². The summed E-state index contributed by atoms with van der Waals surface area (Å²) < 4.78 is 26.5. The van der Waals surface area contributed by atoms with Gasteiger partial charge in [-0.15, -0.1) is 0 Å². The van der Waals surface area contributed by atoms with Crippen LogP contribution in [0.5, 0.6) is 0 Å². The Morgan fingerprint density at radius 2 is 1.80 bits per heavy atom. The zero-order chi connectivity index (χ0) is 17.4. The van der Waals surface area contributed by atoms with E-state index in [9.17, 15) is 13.2 Å². The second-order valence-corrected chi connectivity index (χ2v) is 8.28. The lowest BCUT2D eigenvalue weighted by Gasteiger charge is -2.08. The zero-order valence-electron chi connectivity index (χ0n) is 13.3. The van der Waals surface area contributed by atoms with Gasteiger partial charge in [-0.1, -0.05) is 18.2 Å². The van der Waals surface area contributed by atoms with Gasteiger partial charge >= 0.3 is 0 Å². The second-order valence-electron chi connectivity index (χ2n) is 6.05. The van der Waals surface area contributed by atoms with Crippen molar-refractivity contribution in [3.05, 3.63) is 65.1 Å². The van der Waals surface area contributed by atoms with Crippen LogP contribution in [0.2, 0.25) is 0 Å². The van der Waals surface area contributed by atoms with Crippen LogP contribution in [0.4, 0.5) is 0 Å². The van der Waals surface area contributed by atoms with E-state index in [1.165, 1.54) is 6.07 Å². The summed E-state index contributed by atoms with van der Waals surface area (Å²) in [6.07, 6.45) is 3.86. The van der Waals surface area contributed by atoms with Crippen LogP contribution in [-0.4, -0.2) is 39.5 Å². The zero-order valence-corrected chi connectivity index (χ0v) is 14.1. The van der Waals surface area contributed by atoms with Crippen LogP contribution >= 0.6 is 0 Å². The highest BCUT2D eigenvalue weighted by molar-refractivity contribution is 7.91. The molecule has 1 atom stereocenters. The van der Waals surface area contributed by atoms with Crippen molar-refractivity contribution in [2.24, 2.45) is 0 Å². The van der Waals surface area contributed by atoms with Gasteiger partial charge in [0.05, 0.1) is 23.2 Å². The van der Waals surface area contributed by atoms with Gasteiger partial charge in [0.15, 0.2) is 15.5 Å². The maximum Gasteiger partial charge on any atom is 0.209 e. The molecule has 8 heteroatoms. The number of rotatable bonds is 3. The Labute approximate surface area is 144 Å². The molecular weight excluding hydrogens is 340 g/mol. The first kappa shape index (κ1) is 15.8. The smallest absolute Gasteiger partial charge is 0.209 e. The topological polar surface area (TPSA) is 86.9 Å². The van der Waals surface area contributed by atoms with E-state index in [-0.39, 0.29) is 28.7 Å². The fourth-order valence-electron chi connectivity index (χ4n) is 2.96. The molecule has 1 saturated heterocycles. The molecule has 0 radical (unpaired) electrons. The van der Waals surface area contributed by atoms with Crippen LogP contribution in [0.1, 0.15) is 12.5 Å². The molecule has 1 aliphatic rings. The van der Waals surface area contributed by atoms with E-state index in [1.54, 1.807) is 27.8 Å². The molecule has 0 aliphatic carbocycles. The Morgan fingerprint density at radius 1 is 1.00 bits per heavy atom. The number of benzene rings is 1. The number of hydrogen-bond acceptors (Lipinski definition) is 5. The summed E-state index contributed by atoms with van der Waals surface area (Å²) in [6, 6.07) is 12.4. The molecule has 128 valence electrons. The molecule has 2 aromatic heterocycles. The van der Waals surface area contributed by atoms with Gasteiger partial charge in [-0.2, -0.15) is 10.2 Å². The normalized spacial score (nSPS) is 19.1. The summed E-state index contributed by atoms with van der Waals surface area (Å²) in [6.45, 7) is 0. The maximum atomic E-state index is 12.2. The summed E-state index contributed by atoms with van der Waals surface area (Å²) in [5.41, 5.74) is 1.30. The van der Waals surface area contributed by atoms with Crippen molar-refractivity contribution >= 4 is 9.84 Å². The number of para-hydroxylation sites is 1. The molecule has 0 amide bonds. The Bertz CT molecular complexity index is 1070. The van der Waals surface area contributed by atoms with Crippen LogP contribution < -0.4 is 5.43 Å². The summed E-state index contributed by atoms with van der Waals surface area (Å²) in [5.74, 6) is 0.266. The van der Waals surface area contributed by atoms with Gasteiger partial charge < -0.3 is 0 Å². The van der Waals surface area contributed by atoms with Crippen molar-refractivity contribution in [3.8, 4) is 17.1 Å². The van der Waals surface area contributed by atoms with E-state index in [2.05, 4.69) is 10.2 Å². The van der Waals surface area contributed by atoms with E-state index in [0.29, 0.717) is 12.1 Å². The number of aromatic nitrogens is 4. The third-order valence-corrected chi connectivity index (χ3v) is 6.01. The largest absolute Gasteiger partial charge is 0.287 e. The first-order chi connectivity index (χ1) is 12.0. The average molecular weight is 356 g/mol. The molecule has 0 unspecified atom stereocenters. The van der Waals surface area contributed by atoms with Crippen molar-refractivity contribution < 1.29 is 8.42 Å². The summed E-state index contributed by atoms with van der Waals surface area (Å²) in [5, 5.41) is 8.79. The standard InChI is InChI=1S/C17H16N4O3S/c22-16-7-10-20(13-4-2-1-3-5-13)19-17(16)15-6-9-21(18-15)14-8-11-25(23,24)12-14/h1-7,9-10,14H,8,11-12H2/t14-/m0/s1. The van der Waals surface area contributed by atoms with Crippen LogP contribution in [0.15, 0.2) is 59.7 Å². The molecule has 0 saturated carbocycles. The molecule has 25 heavy (non-hydrogen) atoms.